The maximum absolute atomic E-state index is 13.6. The van der Waals surface area contributed by atoms with Crippen LogP contribution in [0.15, 0.2) is 60.6 Å². The number of carbonyl (C=O) groups excluding carboxylic acids is 1. The molecular formula is C27H28FN3O3. The van der Waals surface area contributed by atoms with Gasteiger partial charge in [0.15, 0.2) is 0 Å². The molecule has 0 bridgehead atoms. The van der Waals surface area contributed by atoms with Crippen LogP contribution in [0.25, 0.3) is 11.8 Å². The Bertz CT molecular complexity index is 1230. The van der Waals surface area contributed by atoms with Crippen molar-refractivity contribution in [2.24, 2.45) is 0 Å². The van der Waals surface area contributed by atoms with Gasteiger partial charge in [0.1, 0.15) is 11.6 Å². The van der Waals surface area contributed by atoms with Crippen LogP contribution in [0.4, 0.5) is 4.39 Å². The van der Waals surface area contributed by atoms with E-state index >= 15 is 0 Å². The Morgan fingerprint density at radius 3 is 2.68 bits per heavy atom. The molecule has 2 aromatic carbocycles. The van der Waals surface area contributed by atoms with Crippen molar-refractivity contribution >= 4 is 12.0 Å². The van der Waals surface area contributed by atoms with E-state index in [1.54, 1.807) is 25.6 Å². The first-order valence-corrected chi connectivity index (χ1v) is 11.6. The Hall–Kier alpha value is -3.45. The van der Waals surface area contributed by atoms with Crippen LogP contribution in [0.3, 0.4) is 0 Å². The van der Waals surface area contributed by atoms with Gasteiger partial charge in [0, 0.05) is 17.8 Å². The molecule has 5 rings (SSSR count). The fraction of sp³-hybridized carbons (Fsp3) is 0.333. The lowest BCUT2D eigenvalue weighted by Gasteiger charge is -2.47. The second kappa shape index (κ2) is 9.06. The number of hydrogen-bond donors (Lipinski definition) is 1. The number of ether oxygens (including phenoxy) is 1. The third kappa shape index (κ3) is 4.23. The van der Waals surface area contributed by atoms with E-state index in [9.17, 15) is 14.3 Å². The van der Waals surface area contributed by atoms with Crippen LogP contribution in [0, 0.1) is 12.7 Å². The van der Waals surface area contributed by atoms with Crippen LogP contribution >= 0.6 is 0 Å². The molecule has 2 saturated heterocycles. The molecule has 1 aromatic heterocycles. The van der Waals surface area contributed by atoms with Gasteiger partial charge in [-0.05, 0) is 74.1 Å². The largest absolute Gasteiger partial charge is 0.495 e. The molecule has 0 radical (unpaired) electrons. The number of halogens is 1. The molecule has 0 spiro atoms. The van der Waals surface area contributed by atoms with E-state index in [1.807, 2.05) is 46.9 Å². The minimum Gasteiger partial charge on any atom is -0.495 e. The molecule has 3 atom stereocenters. The van der Waals surface area contributed by atoms with Gasteiger partial charge in [-0.3, -0.25) is 4.79 Å². The van der Waals surface area contributed by atoms with Crippen LogP contribution in [-0.2, 0) is 4.79 Å². The number of aryl methyl sites for hydroxylation is 1. The Kier molecular flexibility index (Phi) is 5.96. The van der Waals surface area contributed by atoms with Crippen LogP contribution in [0.2, 0.25) is 0 Å². The van der Waals surface area contributed by atoms with Gasteiger partial charge in [-0.25, -0.2) is 9.37 Å². The van der Waals surface area contributed by atoms with Crippen LogP contribution in [-0.4, -0.2) is 44.7 Å². The number of amides is 1. The van der Waals surface area contributed by atoms with Gasteiger partial charge in [-0.2, -0.15) is 0 Å². The first-order valence-electron chi connectivity index (χ1n) is 11.6. The van der Waals surface area contributed by atoms with Crippen molar-refractivity contribution in [3.8, 4) is 11.4 Å². The van der Waals surface area contributed by atoms with Gasteiger partial charge >= 0.3 is 0 Å². The summed E-state index contributed by atoms with van der Waals surface area (Å²) in [5.74, 6) is 0.356. The van der Waals surface area contributed by atoms with Crippen molar-refractivity contribution in [1.29, 1.82) is 0 Å². The summed E-state index contributed by atoms with van der Waals surface area (Å²) in [7, 11) is 1.63. The van der Waals surface area contributed by atoms with Crippen LogP contribution in [0.5, 0.6) is 5.75 Å². The molecule has 1 N–H and O–H groups in total. The van der Waals surface area contributed by atoms with E-state index < -0.39 is 6.10 Å². The standard InChI is InChI=1S/C27H28FN3O3/c1-17-15-30(16-29-17)24-10-3-18(12-26(24)34-2)11-20-6-9-22-13-23(32)14-25(31(22)27(20)33)19-4-7-21(28)8-5-19/h3-5,7-8,10-12,15-16,22-23,25,32H,6,9,13-14H2,1-2H3/t22-,23+,25-/m0/s1. The second-order valence-corrected chi connectivity index (χ2v) is 9.12. The summed E-state index contributed by atoms with van der Waals surface area (Å²) in [6.07, 6.45) is 7.59. The Morgan fingerprint density at radius 2 is 1.97 bits per heavy atom. The zero-order valence-electron chi connectivity index (χ0n) is 19.3. The first kappa shape index (κ1) is 22.3. The Labute approximate surface area is 198 Å². The van der Waals surface area contributed by atoms with E-state index in [-0.39, 0.29) is 23.8 Å². The summed E-state index contributed by atoms with van der Waals surface area (Å²) in [5, 5.41) is 10.5. The minimum atomic E-state index is -0.474. The number of aromatic nitrogens is 2. The molecule has 0 aliphatic carbocycles. The molecule has 6 nitrogen and oxygen atoms in total. The zero-order chi connectivity index (χ0) is 23.8. The van der Waals surface area contributed by atoms with E-state index in [4.69, 9.17) is 4.74 Å². The number of nitrogens with zero attached hydrogens (tertiary/aromatic N) is 3. The third-order valence-corrected chi connectivity index (χ3v) is 6.81. The minimum absolute atomic E-state index is 0.0225. The Morgan fingerprint density at radius 1 is 1.18 bits per heavy atom. The molecule has 7 heteroatoms. The molecule has 3 aromatic rings. The average molecular weight is 462 g/mol. The van der Waals surface area contributed by atoms with E-state index in [0.717, 1.165) is 34.5 Å². The second-order valence-electron chi connectivity index (χ2n) is 9.12. The van der Waals surface area contributed by atoms with Crippen molar-refractivity contribution in [2.75, 3.05) is 7.11 Å². The zero-order valence-corrected chi connectivity index (χ0v) is 19.3. The lowest BCUT2D eigenvalue weighted by molar-refractivity contribution is -0.139. The van der Waals surface area contributed by atoms with Crippen molar-refractivity contribution in [3.63, 3.8) is 0 Å². The summed E-state index contributed by atoms with van der Waals surface area (Å²) in [5.41, 5.74) is 4.25. The molecule has 176 valence electrons. The van der Waals surface area contributed by atoms with E-state index in [1.165, 1.54) is 12.1 Å². The molecule has 2 aliphatic rings. The third-order valence-electron chi connectivity index (χ3n) is 6.81. The van der Waals surface area contributed by atoms with Gasteiger partial charge in [0.05, 0.1) is 37.0 Å². The highest BCUT2D eigenvalue weighted by Gasteiger charge is 2.42. The maximum Gasteiger partial charge on any atom is 0.250 e. The number of carbonyl (C=O) groups is 1. The molecule has 2 fully saturated rings. The van der Waals surface area contributed by atoms with Gasteiger partial charge in [0.2, 0.25) is 0 Å². The van der Waals surface area contributed by atoms with E-state index in [0.29, 0.717) is 25.0 Å². The lowest BCUT2D eigenvalue weighted by atomic mass is 9.82. The summed E-state index contributed by atoms with van der Waals surface area (Å²) < 4.78 is 21.0. The Balaban J connectivity index is 1.45. The molecule has 0 saturated carbocycles. The number of rotatable bonds is 4. The number of hydrogen-bond acceptors (Lipinski definition) is 4. The SMILES string of the molecule is COc1cc(C=C2CC[C@H]3C[C@@H](O)C[C@@H](c4ccc(F)cc4)N3C2=O)ccc1-n1cnc(C)c1. The monoisotopic (exact) mass is 461 g/mol. The predicted octanol–water partition coefficient (Wildman–Crippen LogP) is 4.60. The summed E-state index contributed by atoms with van der Waals surface area (Å²) in [6.45, 7) is 1.93. The lowest BCUT2D eigenvalue weighted by Crippen LogP contribution is -2.52. The first-order chi connectivity index (χ1) is 16.4. The fourth-order valence-corrected chi connectivity index (χ4v) is 5.18. The maximum atomic E-state index is 13.6. The number of aliphatic hydroxyl groups is 1. The van der Waals surface area contributed by atoms with Gasteiger partial charge < -0.3 is 19.3 Å². The molecule has 1 amide bonds. The van der Waals surface area contributed by atoms with Gasteiger partial charge in [0.25, 0.3) is 5.91 Å². The smallest absolute Gasteiger partial charge is 0.250 e. The highest BCUT2D eigenvalue weighted by atomic mass is 19.1. The summed E-state index contributed by atoms with van der Waals surface area (Å²) in [6, 6.07) is 11.8. The summed E-state index contributed by atoms with van der Waals surface area (Å²) in [4.78, 5) is 19.8. The average Bonchev–Trinajstić information content (AvgIpc) is 3.26. The molecule has 2 aliphatic heterocycles. The molecular weight excluding hydrogens is 433 g/mol. The van der Waals surface area contributed by atoms with Crippen LogP contribution < -0.4 is 4.74 Å². The van der Waals surface area contributed by atoms with Crippen molar-refractivity contribution in [3.05, 3.63) is 83.2 Å². The number of aliphatic hydroxyl groups excluding tert-OH is 1. The number of fused-ring (bicyclic) bond motifs is 1. The van der Waals surface area contributed by atoms with Crippen molar-refractivity contribution in [2.45, 2.75) is 50.8 Å². The van der Waals surface area contributed by atoms with E-state index in [2.05, 4.69) is 4.98 Å². The van der Waals surface area contributed by atoms with Gasteiger partial charge in [-0.1, -0.05) is 18.2 Å². The normalized spacial score (nSPS) is 23.8. The number of piperidine rings is 2. The number of methoxy groups -OCH3 is 1. The van der Waals surface area contributed by atoms with Crippen LogP contribution in [0.1, 0.15) is 48.5 Å². The molecule has 34 heavy (non-hydrogen) atoms. The topological polar surface area (TPSA) is 67.6 Å². The molecule has 3 heterocycles. The van der Waals surface area contributed by atoms with Gasteiger partial charge in [-0.15, -0.1) is 0 Å². The summed E-state index contributed by atoms with van der Waals surface area (Å²) >= 11 is 0. The fourth-order valence-electron chi connectivity index (χ4n) is 5.18. The highest BCUT2D eigenvalue weighted by molar-refractivity contribution is 5.99. The number of imidazole rings is 1. The molecule has 0 unspecified atom stereocenters. The quantitative estimate of drug-likeness (QED) is 0.577. The van der Waals surface area contributed by atoms with Crippen molar-refractivity contribution < 1.29 is 19.0 Å². The predicted molar refractivity (Wildman–Crippen MR) is 127 cm³/mol. The van der Waals surface area contributed by atoms with Crippen molar-refractivity contribution in [1.82, 2.24) is 14.5 Å². The number of benzene rings is 2. The highest BCUT2D eigenvalue weighted by Crippen LogP contribution is 2.41.